The summed E-state index contributed by atoms with van der Waals surface area (Å²) in [6, 6.07) is 5.87. The summed E-state index contributed by atoms with van der Waals surface area (Å²) in [7, 11) is 0. The van der Waals surface area contributed by atoms with Crippen LogP contribution in [0.15, 0.2) is 36.5 Å². The molecule has 0 bridgehead atoms. The van der Waals surface area contributed by atoms with E-state index in [1.165, 1.54) is 12.1 Å². The first-order valence-electron chi connectivity index (χ1n) is 4.86. The van der Waals surface area contributed by atoms with Gasteiger partial charge < -0.3 is 0 Å². The van der Waals surface area contributed by atoms with Crippen molar-refractivity contribution in [3.05, 3.63) is 52.9 Å². The zero-order chi connectivity index (χ0) is 13.3. The minimum atomic E-state index is -4.45. The molecule has 0 unspecified atom stereocenters. The number of benzene rings is 1. The Morgan fingerprint density at radius 3 is 2.28 bits per heavy atom. The molecule has 0 aliphatic rings. The molecule has 1 heterocycles. The molecule has 0 atom stereocenters. The summed E-state index contributed by atoms with van der Waals surface area (Å²) < 4.78 is 50.5. The van der Waals surface area contributed by atoms with E-state index in [9.17, 15) is 17.6 Å². The van der Waals surface area contributed by atoms with Crippen molar-refractivity contribution in [2.45, 2.75) is 6.18 Å². The molecule has 0 aliphatic heterocycles. The van der Waals surface area contributed by atoms with E-state index in [0.717, 1.165) is 18.2 Å². The van der Waals surface area contributed by atoms with Gasteiger partial charge in [-0.25, -0.2) is 4.39 Å². The molecule has 0 amide bonds. The van der Waals surface area contributed by atoms with Crippen LogP contribution in [0.25, 0.3) is 11.3 Å². The molecule has 0 spiro atoms. The lowest BCUT2D eigenvalue weighted by Crippen LogP contribution is -2.05. The van der Waals surface area contributed by atoms with Gasteiger partial charge in [0.2, 0.25) is 0 Å². The molecule has 0 fully saturated rings. The number of rotatable bonds is 1. The lowest BCUT2D eigenvalue weighted by Gasteiger charge is -2.07. The highest BCUT2D eigenvalue weighted by Gasteiger charge is 2.30. The second kappa shape index (κ2) is 4.57. The second-order valence-electron chi connectivity index (χ2n) is 3.55. The second-order valence-corrected chi connectivity index (χ2v) is 3.99. The molecule has 0 aliphatic carbocycles. The van der Waals surface area contributed by atoms with Gasteiger partial charge in [-0.3, -0.25) is 4.98 Å². The molecule has 94 valence electrons. The third kappa shape index (κ3) is 2.61. The number of aromatic nitrogens is 1. The third-order valence-electron chi connectivity index (χ3n) is 2.30. The number of hydrogen-bond donors (Lipinski definition) is 0. The molecule has 0 N–H and O–H groups in total. The van der Waals surface area contributed by atoms with Crippen molar-refractivity contribution in [3.8, 4) is 11.3 Å². The first-order chi connectivity index (χ1) is 8.38. The molecule has 2 aromatic rings. The van der Waals surface area contributed by atoms with Gasteiger partial charge in [0.15, 0.2) is 0 Å². The van der Waals surface area contributed by atoms with Crippen LogP contribution < -0.4 is 0 Å². The Balaban J connectivity index is 2.41. The van der Waals surface area contributed by atoms with E-state index < -0.39 is 17.6 Å². The average molecular weight is 276 g/mol. The highest BCUT2D eigenvalue weighted by Crippen LogP contribution is 2.30. The van der Waals surface area contributed by atoms with Gasteiger partial charge in [-0.1, -0.05) is 11.6 Å². The molecular formula is C12H6ClF4N. The van der Waals surface area contributed by atoms with E-state index in [4.69, 9.17) is 11.6 Å². The lowest BCUT2D eigenvalue weighted by molar-refractivity contribution is -0.137. The fourth-order valence-corrected chi connectivity index (χ4v) is 1.58. The Hall–Kier alpha value is -1.62. The fraction of sp³-hybridized carbons (Fsp3) is 0.0833. The number of nitrogens with zero attached hydrogens (tertiary/aromatic N) is 1. The fourth-order valence-electron chi connectivity index (χ4n) is 1.42. The standard InChI is InChI=1S/C12H6ClF4N/c13-8-2-3-9(10(14)5-8)11-4-1-7(6-18-11)12(15,16)17/h1-6H. The van der Waals surface area contributed by atoms with Crippen molar-refractivity contribution in [1.29, 1.82) is 0 Å². The highest BCUT2D eigenvalue weighted by molar-refractivity contribution is 6.30. The summed E-state index contributed by atoms with van der Waals surface area (Å²) in [5.74, 6) is -0.630. The molecule has 0 saturated carbocycles. The molecule has 1 aromatic heterocycles. The van der Waals surface area contributed by atoms with Crippen molar-refractivity contribution >= 4 is 11.6 Å². The van der Waals surface area contributed by atoms with Crippen LogP contribution in [0.2, 0.25) is 5.02 Å². The lowest BCUT2D eigenvalue weighted by atomic mass is 10.1. The first-order valence-corrected chi connectivity index (χ1v) is 5.24. The van der Waals surface area contributed by atoms with Crippen molar-refractivity contribution in [2.75, 3.05) is 0 Å². The normalized spacial score (nSPS) is 11.6. The predicted molar refractivity (Wildman–Crippen MR) is 59.6 cm³/mol. The van der Waals surface area contributed by atoms with Gasteiger partial charge >= 0.3 is 6.18 Å². The minimum Gasteiger partial charge on any atom is -0.256 e. The van der Waals surface area contributed by atoms with E-state index >= 15 is 0 Å². The van der Waals surface area contributed by atoms with Crippen molar-refractivity contribution < 1.29 is 17.6 Å². The Labute approximate surface area is 105 Å². The van der Waals surface area contributed by atoms with Crippen LogP contribution in [0.1, 0.15) is 5.56 Å². The molecule has 18 heavy (non-hydrogen) atoms. The zero-order valence-electron chi connectivity index (χ0n) is 8.80. The van der Waals surface area contributed by atoms with Gasteiger partial charge in [-0.2, -0.15) is 13.2 Å². The van der Waals surface area contributed by atoms with Crippen molar-refractivity contribution in [1.82, 2.24) is 4.98 Å². The SMILES string of the molecule is Fc1cc(Cl)ccc1-c1ccc(C(F)(F)F)cn1. The van der Waals surface area contributed by atoms with E-state index in [1.807, 2.05) is 0 Å². The molecule has 2 rings (SSSR count). The average Bonchev–Trinajstić information content (AvgIpc) is 2.28. The molecule has 0 radical (unpaired) electrons. The maximum Gasteiger partial charge on any atom is 0.417 e. The number of alkyl halides is 3. The van der Waals surface area contributed by atoms with Gasteiger partial charge in [0.25, 0.3) is 0 Å². The van der Waals surface area contributed by atoms with Gasteiger partial charge in [0, 0.05) is 16.8 Å². The maximum atomic E-state index is 13.5. The van der Waals surface area contributed by atoms with E-state index in [-0.39, 0.29) is 16.3 Å². The monoisotopic (exact) mass is 275 g/mol. The van der Waals surface area contributed by atoms with Crippen molar-refractivity contribution in [2.24, 2.45) is 0 Å². The number of halogens is 5. The summed E-state index contributed by atoms with van der Waals surface area (Å²) in [6.07, 6.45) is -3.78. The Morgan fingerprint density at radius 2 is 1.78 bits per heavy atom. The Kier molecular flexibility index (Phi) is 3.26. The van der Waals surface area contributed by atoms with Crippen LogP contribution >= 0.6 is 11.6 Å². The van der Waals surface area contributed by atoms with Gasteiger partial charge in [-0.15, -0.1) is 0 Å². The third-order valence-corrected chi connectivity index (χ3v) is 2.53. The van der Waals surface area contributed by atoms with E-state index in [1.54, 1.807) is 0 Å². The summed E-state index contributed by atoms with van der Waals surface area (Å²) in [4.78, 5) is 3.60. The van der Waals surface area contributed by atoms with Crippen LogP contribution in [0, 0.1) is 5.82 Å². The largest absolute Gasteiger partial charge is 0.417 e. The van der Waals surface area contributed by atoms with Gasteiger partial charge in [0.05, 0.1) is 11.3 Å². The summed E-state index contributed by atoms with van der Waals surface area (Å²) in [6.45, 7) is 0. The van der Waals surface area contributed by atoms with Crippen LogP contribution in [-0.2, 0) is 6.18 Å². The molecule has 1 aromatic carbocycles. The Morgan fingerprint density at radius 1 is 1.06 bits per heavy atom. The molecule has 6 heteroatoms. The van der Waals surface area contributed by atoms with E-state index in [2.05, 4.69) is 4.98 Å². The minimum absolute atomic E-state index is 0.105. The summed E-state index contributed by atoms with van der Waals surface area (Å²) in [5.41, 5.74) is -0.647. The number of pyridine rings is 1. The molecule has 0 saturated heterocycles. The van der Waals surface area contributed by atoms with E-state index in [0.29, 0.717) is 6.20 Å². The summed E-state index contributed by atoms with van der Waals surface area (Å²) >= 11 is 5.58. The van der Waals surface area contributed by atoms with Crippen molar-refractivity contribution in [3.63, 3.8) is 0 Å². The van der Waals surface area contributed by atoms with Crippen LogP contribution in [0.5, 0.6) is 0 Å². The van der Waals surface area contributed by atoms with Gasteiger partial charge in [-0.05, 0) is 30.3 Å². The topological polar surface area (TPSA) is 12.9 Å². The van der Waals surface area contributed by atoms with Crippen LogP contribution in [0.4, 0.5) is 17.6 Å². The highest BCUT2D eigenvalue weighted by atomic mass is 35.5. The quantitative estimate of drug-likeness (QED) is 0.695. The maximum absolute atomic E-state index is 13.5. The zero-order valence-corrected chi connectivity index (χ0v) is 9.56. The van der Waals surface area contributed by atoms with Crippen LogP contribution in [0.3, 0.4) is 0 Å². The Bertz CT molecular complexity index is 563. The van der Waals surface area contributed by atoms with Gasteiger partial charge in [0.1, 0.15) is 5.82 Å². The first kappa shape index (κ1) is 12.8. The smallest absolute Gasteiger partial charge is 0.256 e. The molecular weight excluding hydrogens is 270 g/mol. The number of hydrogen-bond acceptors (Lipinski definition) is 1. The molecule has 1 nitrogen and oxygen atoms in total. The summed E-state index contributed by atoms with van der Waals surface area (Å²) in [5, 5.41) is 0.211. The van der Waals surface area contributed by atoms with Crippen LogP contribution in [-0.4, -0.2) is 4.98 Å². The predicted octanol–water partition coefficient (Wildman–Crippen LogP) is 4.56.